The summed E-state index contributed by atoms with van der Waals surface area (Å²) in [6.45, 7) is 4.00. The Bertz CT molecular complexity index is 621. The molecule has 0 saturated carbocycles. The molecule has 0 saturated heterocycles. The highest BCUT2D eigenvalue weighted by atomic mass is 32.1. The van der Waals surface area contributed by atoms with E-state index in [1.165, 1.54) is 0 Å². The summed E-state index contributed by atoms with van der Waals surface area (Å²) in [7, 11) is 0. The lowest BCUT2D eigenvalue weighted by atomic mass is 10.1. The van der Waals surface area contributed by atoms with Gasteiger partial charge < -0.3 is 4.52 Å². The molecule has 0 amide bonds. The van der Waals surface area contributed by atoms with Crippen molar-refractivity contribution in [2.24, 2.45) is 0 Å². The van der Waals surface area contributed by atoms with Crippen LogP contribution in [0.15, 0.2) is 52.1 Å². The first-order valence-electron chi connectivity index (χ1n) is 5.58. The van der Waals surface area contributed by atoms with Crippen LogP contribution in [0.5, 0.6) is 0 Å². The topological polar surface area (TPSA) is 26.0 Å². The molecule has 2 aromatic heterocycles. The predicted octanol–water partition coefficient (Wildman–Crippen LogP) is 4.58. The van der Waals surface area contributed by atoms with Gasteiger partial charge in [0.2, 0.25) is 0 Å². The fourth-order valence-corrected chi connectivity index (χ4v) is 2.28. The molecule has 0 aromatic carbocycles. The summed E-state index contributed by atoms with van der Waals surface area (Å²) in [6.07, 6.45) is 9.70. The van der Waals surface area contributed by atoms with Crippen molar-refractivity contribution in [1.82, 2.24) is 5.16 Å². The zero-order valence-corrected chi connectivity index (χ0v) is 10.6. The minimum Gasteiger partial charge on any atom is -0.355 e. The molecule has 0 atom stereocenters. The molecule has 2 nitrogen and oxygen atoms in total. The summed E-state index contributed by atoms with van der Waals surface area (Å²) in [4.78, 5) is 0. The summed E-state index contributed by atoms with van der Waals surface area (Å²) >= 11 is 1.64. The second kappa shape index (κ2) is 5.48. The first-order chi connectivity index (χ1) is 8.45. The van der Waals surface area contributed by atoms with Gasteiger partial charge in [0.25, 0.3) is 0 Å². The second-order valence-electron chi connectivity index (χ2n) is 3.13. The lowest BCUT2D eigenvalue weighted by Gasteiger charge is -1.91. The number of aromatic nitrogens is 1. The summed E-state index contributed by atoms with van der Waals surface area (Å²) in [6, 6.07) is 1.93. The molecule has 1 aliphatic carbocycles. The largest absolute Gasteiger partial charge is 0.355 e. The number of thiophene rings is 1. The van der Waals surface area contributed by atoms with E-state index in [0.717, 1.165) is 21.5 Å². The first-order valence-corrected chi connectivity index (χ1v) is 6.46. The minimum atomic E-state index is 0.849. The van der Waals surface area contributed by atoms with E-state index in [2.05, 4.69) is 10.9 Å². The summed E-state index contributed by atoms with van der Waals surface area (Å²) in [5, 5.41) is 6.07. The van der Waals surface area contributed by atoms with Crippen LogP contribution in [-0.2, 0) is 0 Å². The van der Waals surface area contributed by atoms with E-state index < -0.39 is 0 Å². The number of allylic oxidation sites excluding steroid dienone is 5. The molecule has 1 aliphatic rings. The van der Waals surface area contributed by atoms with Crippen molar-refractivity contribution >= 4 is 27.2 Å². The Balaban J connectivity index is 0.000000514. The maximum Gasteiger partial charge on any atom is 0.178 e. The fourth-order valence-electron chi connectivity index (χ4n) is 1.47. The first kappa shape index (κ1) is 11.6. The van der Waals surface area contributed by atoms with Gasteiger partial charge in [-0.25, -0.2) is 0 Å². The smallest absolute Gasteiger partial charge is 0.178 e. The molecule has 0 fully saturated rings. The van der Waals surface area contributed by atoms with Crippen LogP contribution in [0.2, 0.25) is 0 Å². The lowest BCUT2D eigenvalue weighted by Crippen LogP contribution is -1.78. The van der Waals surface area contributed by atoms with Crippen molar-refractivity contribution in [3.05, 3.63) is 53.3 Å². The van der Waals surface area contributed by atoms with Crippen molar-refractivity contribution in [2.75, 3.05) is 0 Å². The van der Waals surface area contributed by atoms with Crippen LogP contribution in [-0.4, -0.2) is 5.16 Å². The van der Waals surface area contributed by atoms with Crippen molar-refractivity contribution in [3.8, 4) is 0 Å². The Morgan fingerprint density at radius 3 is 3.06 bits per heavy atom. The van der Waals surface area contributed by atoms with Crippen LogP contribution in [0.25, 0.3) is 15.9 Å². The maximum absolute atomic E-state index is 5.22. The summed E-state index contributed by atoms with van der Waals surface area (Å²) in [5.41, 5.74) is 5.83. The van der Waals surface area contributed by atoms with Gasteiger partial charge in [-0.15, -0.1) is 17.1 Å². The molecule has 2 aromatic rings. The van der Waals surface area contributed by atoms with E-state index in [0.29, 0.717) is 0 Å². The molecule has 0 N–H and O–H groups in total. The third-order valence-electron chi connectivity index (χ3n) is 2.17. The molecule has 0 spiro atoms. The number of rotatable bonds is 1. The van der Waals surface area contributed by atoms with E-state index in [4.69, 9.17) is 4.52 Å². The highest BCUT2D eigenvalue weighted by Crippen LogP contribution is 2.29. The average molecular weight is 243 g/mol. The third-order valence-corrected chi connectivity index (χ3v) is 3.07. The van der Waals surface area contributed by atoms with Gasteiger partial charge in [0.15, 0.2) is 5.58 Å². The van der Waals surface area contributed by atoms with Crippen molar-refractivity contribution in [2.45, 2.75) is 13.8 Å². The molecule has 3 heteroatoms. The Morgan fingerprint density at radius 2 is 2.18 bits per heavy atom. The number of nitrogens with zero attached hydrogens (tertiary/aromatic N) is 1. The molecule has 86 valence electrons. The highest BCUT2D eigenvalue weighted by molar-refractivity contribution is 7.17. The predicted molar refractivity (Wildman–Crippen MR) is 73.0 cm³/mol. The number of hydrogen-bond acceptors (Lipinski definition) is 3. The fraction of sp³-hybridized carbons (Fsp3) is 0.143. The molecular formula is C14H13NOS. The Hall–Kier alpha value is -1.83. The monoisotopic (exact) mass is 243 g/mol. The number of hydrogen-bond donors (Lipinski definition) is 0. The van der Waals surface area contributed by atoms with Crippen LogP contribution >= 0.6 is 11.3 Å². The van der Waals surface area contributed by atoms with Gasteiger partial charge in [-0.2, -0.15) is 0 Å². The van der Waals surface area contributed by atoms with Gasteiger partial charge in [0.05, 0.1) is 0 Å². The molecule has 17 heavy (non-hydrogen) atoms. The Morgan fingerprint density at radius 1 is 1.29 bits per heavy atom. The van der Waals surface area contributed by atoms with E-state index in [9.17, 15) is 0 Å². The summed E-state index contributed by atoms with van der Waals surface area (Å²) in [5.74, 6) is 0. The lowest BCUT2D eigenvalue weighted by molar-refractivity contribution is 0.454. The number of fused-ring (bicyclic) bond motifs is 1. The average Bonchev–Trinajstić information content (AvgIpc) is 2.87. The van der Waals surface area contributed by atoms with Crippen molar-refractivity contribution in [3.63, 3.8) is 0 Å². The Kier molecular flexibility index (Phi) is 3.76. The third kappa shape index (κ3) is 2.31. The van der Waals surface area contributed by atoms with Gasteiger partial charge in [-0.1, -0.05) is 37.2 Å². The zero-order valence-electron chi connectivity index (χ0n) is 9.81. The SMILES string of the molecule is C1=CC=CC=C(c2noc3ccsc23)C=1.CC. The van der Waals surface area contributed by atoms with Gasteiger partial charge in [-0.3, -0.25) is 0 Å². The highest BCUT2D eigenvalue weighted by Gasteiger charge is 2.11. The van der Waals surface area contributed by atoms with Crippen LogP contribution in [0.3, 0.4) is 0 Å². The van der Waals surface area contributed by atoms with E-state index in [1.807, 2.05) is 55.7 Å². The summed E-state index contributed by atoms with van der Waals surface area (Å²) < 4.78 is 6.31. The molecular weight excluding hydrogens is 230 g/mol. The van der Waals surface area contributed by atoms with Gasteiger partial charge in [0.1, 0.15) is 10.4 Å². The van der Waals surface area contributed by atoms with Crippen LogP contribution < -0.4 is 0 Å². The molecule has 0 unspecified atom stereocenters. The van der Waals surface area contributed by atoms with E-state index in [-0.39, 0.29) is 0 Å². The maximum atomic E-state index is 5.22. The van der Waals surface area contributed by atoms with Crippen molar-refractivity contribution < 1.29 is 4.52 Å². The quantitative estimate of drug-likeness (QED) is 0.685. The molecule has 0 radical (unpaired) electrons. The van der Waals surface area contributed by atoms with Crippen LogP contribution in [0, 0.1) is 0 Å². The van der Waals surface area contributed by atoms with Crippen molar-refractivity contribution in [1.29, 1.82) is 0 Å². The Labute approximate surface area is 104 Å². The van der Waals surface area contributed by atoms with Gasteiger partial charge in [0, 0.05) is 5.57 Å². The molecule has 0 aliphatic heterocycles. The molecule has 0 bridgehead atoms. The zero-order chi connectivity index (χ0) is 12.1. The van der Waals surface area contributed by atoms with Crippen LogP contribution in [0.1, 0.15) is 19.5 Å². The van der Waals surface area contributed by atoms with Gasteiger partial charge >= 0.3 is 0 Å². The molecule has 3 rings (SSSR count). The van der Waals surface area contributed by atoms with Gasteiger partial charge in [-0.05, 0) is 23.6 Å². The standard InChI is InChI=1S/C12H7NOS.C2H6/c1-2-4-6-9(5-3-1)11-12-10(14-13-11)7-8-15-12;1-2/h1-3,5-8H;1-2H3. The molecule has 2 heterocycles. The van der Waals surface area contributed by atoms with E-state index >= 15 is 0 Å². The minimum absolute atomic E-state index is 0.849. The van der Waals surface area contributed by atoms with E-state index in [1.54, 1.807) is 11.3 Å². The normalized spacial score (nSPS) is 13.2. The van der Waals surface area contributed by atoms with Crippen LogP contribution in [0.4, 0.5) is 0 Å². The second-order valence-corrected chi connectivity index (χ2v) is 4.05.